The Hall–Kier alpha value is -2.66. The third-order valence-electron chi connectivity index (χ3n) is 4.59. The van der Waals surface area contributed by atoms with Gasteiger partial charge in [-0.25, -0.2) is 4.79 Å². The fourth-order valence-corrected chi connectivity index (χ4v) is 3.87. The molecule has 3 aromatic carbocycles. The minimum absolute atomic E-state index is 0.461. The van der Waals surface area contributed by atoms with Crippen LogP contribution < -0.4 is 4.74 Å². The SMILES string of the molecule is COc1ccc(Br)c2c1C(=NOC(=O)c1cccc3ccccc13)CC2. The molecule has 1 aliphatic rings. The van der Waals surface area contributed by atoms with Crippen molar-refractivity contribution in [3.05, 3.63) is 75.8 Å². The van der Waals surface area contributed by atoms with Crippen LogP contribution in [0.3, 0.4) is 0 Å². The van der Waals surface area contributed by atoms with E-state index in [0.29, 0.717) is 12.0 Å². The quantitative estimate of drug-likeness (QED) is 0.445. The molecule has 4 nitrogen and oxygen atoms in total. The van der Waals surface area contributed by atoms with Gasteiger partial charge in [-0.05, 0) is 47.4 Å². The Labute approximate surface area is 159 Å². The summed E-state index contributed by atoms with van der Waals surface area (Å²) in [6.07, 6.45) is 1.54. The zero-order valence-electron chi connectivity index (χ0n) is 14.2. The predicted octanol–water partition coefficient (Wildman–Crippen LogP) is 5.12. The second-order valence-electron chi connectivity index (χ2n) is 6.05. The van der Waals surface area contributed by atoms with Gasteiger partial charge in [0.05, 0.1) is 18.4 Å². The van der Waals surface area contributed by atoms with Gasteiger partial charge in [0, 0.05) is 10.0 Å². The second-order valence-corrected chi connectivity index (χ2v) is 6.90. The van der Waals surface area contributed by atoms with Crippen LogP contribution in [0.25, 0.3) is 10.8 Å². The first-order valence-electron chi connectivity index (χ1n) is 8.30. The molecule has 0 N–H and O–H groups in total. The summed E-state index contributed by atoms with van der Waals surface area (Å²) >= 11 is 3.56. The average molecular weight is 410 g/mol. The Morgan fingerprint density at radius 2 is 1.85 bits per heavy atom. The first-order chi connectivity index (χ1) is 12.7. The van der Waals surface area contributed by atoms with Crippen molar-refractivity contribution in [2.45, 2.75) is 12.8 Å². The van der Waals surface area contributed by atoms with Gasteiger partial charge in [-0.15, -0.1) is 0 Å². The Balaban J connectivity index is 1.66. The Kier molecular flexibility index (Phi) is 4.47. The van der Waals surface area contributed by atoms with Crippen LogP contribution in [0.5, 0.6) is 5.75 Å². The highest BCUT2D eigenvalue weighted by Gasteiger charge is 2.25. The van der Waals surface area contributed by atoms with E-state index in [2.05, 4.69) is 21.1 Å². The summed E-state index contributed by atoms with van der Waals surface area (Å²) < 4.78 is 6.46. The van der Waals surface area contributed by atoms with Gasteiger partial charge in [0.2, 0.25) is 0 Å². The molecule has 0 bridgehead atoms. The number of methoxy groups -OCH3 is 1. The molecule has 0 fully saturated rings. The summed E-state index contributed by atoms with van der Waals surface area (Å²) in [7, 11) is 1.63. The van der Waals surface area contributed by atoms with Gasteiger partial charge in [0.15, 0.2) is 0 Å². The van der Waals surface area contributed by atoms with E-state index in [9.17, 15) is 4.79 Å². The summed E-state index contributed by atoms with van der Waals surface area (Å²) in [5, 5.41) is 6.01. The molecule has 0 aromatic heterocycles. The van der Waals surface area contributed by atoms with Crippen LogP contribution in [-0.4, -0.2) is 18.8 Å². The predicted molar refractivity (Wildman–Crippen MR) is 105 cm³/mol. The van der Waals surface area contributed by atoms with Crippen LogP contribution in [-0.2, 0) is 11.3 Å². The van der Waals surface area contributed by atoms with Gasteiger partial charge in [-0.2, -0.15) is 0 Å². The minimum Gasteiger partial charge on any atom is -0.496 e. The first kappa shape index (κ1) is 16.8. The molecule has 3 aromatic rings. The van der Waals surface area contributed by atoms with Gasteiger partial charge in [-0.1, -0.05) is 57.5 Å². The third kappa shape index (κ3) is 2.88. The summed E-state index contributed by atoms with van der Waals surface area (Å²) in [4.78, 5) is 17.9. The van der Waals surface area contributed by atoms with Gasteiger partial charge in [0.1, 0.15) is 5.75 Å². The minimum atomic E-state index is -0.461. The largest absolute Gasteiger partial charge is 0.496 e. The zero-order chi connectivity index (χ0) is 18.1. The van der Waals surface area contributed by atoms with Crippen LogP contribution in [0.4, 0.5) is 0 Å². The van der Waals surface area contributed by atoms with E-state index >= 15 is 0 Å². The highest BCUT2D eigenvalue weighted by atomic mass is 79.9. The number of hydrogen-bond donors (Lipinski definition) is 0. The lowest BCUT2D eigenvalue weighted by molar-refractivity contribution is 0.0518. The summed E-state index contributed by atoms with van der Waals surface area (Å²) in [6.45, 7) is 0. The third-order valence-corrected chi connectivity index (χ3v) is 5.33. The monoisotopic (exact) mass is 409 g/mol. The van der Waals surface area contributed by atoms with Crippen LogP contribution in [0.15, 0.2) is 64.2 Å². The lowest BCUT2D eigenvalue weighted by atomic mass is 10.1. The lowest BCUT2D eigenvalue weighted by Crippen LogP contribution is -2.06. The number of nitrogens with zero attached hydrogens (tertiary/aromatic N) is 1. The number of carbonyl (C=O) groups excluding carboxylic acids is 1. The van der Waals surface area contributed by atoms with Crippen LogP contribution in [0.1, 0.15) is 27.9 Å². The van der Waals surface area contributed by atoms with Gasteiger partial charge < -0.3 is 9.57 Å². The molecule has 0 radical (unpaired) electrons. The van der Waals surface area contributed by atoms with E-state index in [1.807, 2.05) is 48.5 Å². The van der Waals surface area contributed by atoms with Gasteiger partial charge >= 0.3 is 5.97 Å². The Bertz CT molecular complexity index is 1040. The maximum Gasteiger partial charge on any atom is 0.366 e. The molecular weight excluding hydrogens is 394 g/mol. The van der Waals surface area contributed by atoms with E-state index < -0.39 is 5.97 Å². The molecular formula is C21H16BrNO3. The van der Waals surface area contributed by atoms with Crippen molar-refractivity contribution in [2.75, 3.05) is 7.11 Å². The Morgan fingerprint density at radius 3 is 2.69 bits per heavy atom. The van der Waals surface area contributed by atoms with Gasteiger partial charge in [-0.3, -0.25) is 0 Å². The van der Waals surface area contributed by atoms with Crippen LogP contribution in [0.2, 0.25) is 0 Å². The molecule has 4 rings (SSSR count). The molecule has 0 saturated carbocycles. The Morgan fingerprint density at radius 1 is 1.04 bits per heavy atom. The van der Waals surface area contributed by atoms with E-state index in [1.165, 1.54) is 0 Å². The van der Waals surface area contributed by atoms with Crippen molar-refractivity contribution in [1.29, 1.82) is 0 Å². The summed E-state index contributed by atoms with van der Waals surface area (Å²) in [5.41, 5.74) is 3.27. The highest BCUT2D eigenvalue weighted by molar-refractivity contribution is 9.10. The summed E-state index contributed by atoms with van der Waals surface area (Å²) in [5.74, 6) is 0.275. The smallest absolute Gasteiger partial charge is 0.366 e. The van der Waals surface area contributed by atoms with Crippen molar-refractivity contribution in [2.24, 2.45) is 5.16 Å². The maximum atomic E-state index is 12.6. The van der Waals surface area contributed by atoms with E-state index in [-0.39, 0.29) is 0 Å². The van der Waals surface area contributed by atoms with Crippen molar-refractivity contribution < 1.29 is 14.4 Å². The van der Waals surface area contributed by atoms with Crippen molar-refractivity contribution >= 4 is 38.4 Å². The van der Waals surface area contributed by atoms with Crippen molar-refractivity contribution in [3.63, 3.8) is 0 Å². The molecule has 0 saturated heterocycles. The average Bonchev–Trinajstić information content (AvgIpc) is 3.11. The van der Waals surface area contributed by atoms with Crippen LogP contribution >= 0.6 is 15.9 Å². The number of benzene rings is 3. The fraction of sp³-hybridized carbons (Fsp3) is 0.143. The molecule has 0 amide bonds. The second kappa shape index (κ2) is 6.92. The molecule has 0 spiro atoms. The molecule has 0 atom stereocenters. The van der Waals surface area contributed by atoms with E-state index in [4.69, 9.17) is 9.57 Å². The van der Waals surface area contributed by atoms with E-state index in [0.717, 1.165) is 44.3 Å². The molecule has 26 heavy (non-hydrogen) atoms. The molecule has 5 heteroatoms. The molecule has 0 heterocycles. The fourth-order valence-electron chi connectivity index (χ4n) is 3.34. The number of halogens is 1. The highest BCUT2D eigenvalue weighted by Crippen LogP contribution is 2.36. The molecule has 1 aliphatic carbocycles. The van der Waals surface area contributed by atoms with Crippen molar-refractivity contribution in [3.8, 4) is 5.75 Å². The number of carbonyl (C=O) groups is 1. The van der Waals surface area contributed by atoms with E-state index in [1.54, 1.807) is 13.2 Å². The number of oxime groups is 1. The number of hydrogen-bond acceptors (Lipinski definition) is 4. The number of ether oxygens (including phenoxy) is 1. The zero-order valence-corrected chi connectivity index (χ0v) is 15.7. The maximum absolute atomic E-state index is 12.6. The molecule has 0 aliphatic heterocycles. The topological polar surface area (TPSA) is 47.9 Å². The molecule has 0 unspecified atom stereocenters. The van der Waals surface area contributed by atoms with Crippen LogP contribution in [0, 0.1) is 0 Å². The van der Waals surface area contributed by atoms with Crippen molar-refractivity contribution in [1.82, 2.24) is 0 Å². The lowest BCUT2D eigenvalue weighted by Gasteiger charge is -2.09. The molecule has 130 valence electrons. The number of fused-ring (bicyclic) bond motifs is 2. The normalized spacial score (nSPS) is 14.5. The standard InChI is InChI=1S/C21H16BrNO3/c1-25-19-12-10-17(22)16-9-11-18(20(16)19)23-26-21(24)15-8-4-6-13-5-2-3-7-14(13)15/h2-8,10,12H,9,11H2,1H3. The summed E-state index contributed by atoms with van der Waals surface area (Å²) in [6, 6.07) is 17.1. The first-order valence-corrected chi connectivity index (χ1v) is 9.10. The van der Waals surface area contributed by atoms with Gasteiger partial charge in [0.25, 0.3) is 0 Å². The number of rotatable bonds is 3.